The first-order valence-electron chi connectivity index (χ1n) is 8.87. The quantitative estimate of drug-likeness (QED) is 0.281. The molecule has 150 valence electrons. The molecule has 0 unspecified atom stereocenters. The molecule has 0 radical (unpaired) electrons. The van der Waals surface area contributed by atoms with Crippen LogP contribution in [0.5, 0.6) is 5.75 Å². The predicted molar refractivity (Wildman–Crippen MR) is 104 cm³/mol. The topological polar surface area (TPSA) is 20.2 Å². The normalized spacial score (nSPS) is 11.0. The standard InChI is InChI=1S/C24H13F5O/c25-20-9-14(13-1-5-17(30)6-2-13)3-7-18(20)15-4-8-19(21(26)10-15)16-11-22(27)24(29)23(28)12-16/h1-12,30H. The van der Waals surface area contributed by atoms with Gasteiger partial charge in [0.2, 0.25) is 0 Å². The number of aromatic hydroxyl groups is 1. The molecular formula is C24H13F5O. The van der Waals surface area contributed by atoms with E-state index in [1.54, 1.807) is 18.2 Å². The lowest BCUT2D eigenvalue weighted by Gasteiger charge is -2.10. The Labute approximate surface area is 168 Å². The van der Waals surface area contributed by atoms with Crippen molar-refractivity contribution in [1.29, 1.82) is 0 Å². The van der Waals surface area contributed by atoms with E-state index in [0.29, 0.717) is 23.3 Å². The van der Waals surface area contributed by atoms with Gasteiger partial charge in [0.25, 0.3) is 0 Å². The van der Waals surface area contributed by atoms with E-state index in [1.807, 2.05) is 0 Å². The molecule has 0 aliphatic carbocycles. The number of phenolic OH excluding ortho intramolecular Hbond substituents is 1. The van der Waals surface area contributed by atoms with E-state index >= 15 is 0 Å². The van der Waals surface area contributed by atoms with E-state index < -0.39 is 29.1 Å². The van der Waals surface area contributed by atoms with Crippen LogP contribution in [0.3, 0.4) is 0 Å². The monoisotopic (exact) mass is 412 g/mol. The van der Waals surface area contributed by atoms with Crippen molar-refractivity contribution in [2.24, 2.45) is 0 Å². The molecule has 0 bridgehead atoms. The van der Waals surface area contributed by atoms with Crippen molar-refractivity contribution in [3.05, 3.63) is 102 Å². The fraction of sp³-hybridized carbons (Fsp3) is 0. The number of hydrogen-bond donors (Lipinski definition) is 1. The molecule has 4 rings (SSSR count). The molecule has 0 saturated heterocycles. The number of benzene rings is 4. The van der Waals surface area contributed by atoms with Crippen LogP contribution in [0, 0.1) is 29.1 Å². The molecule has 4 aromatic carbocycles. The first-order chi connectivity index (χ1) is 14.3. The van der Waals surface area contributed by atoms with Crippen molar-refractivity contribution in [3.63, 3.8) is 0 Å². The minimum atomic E-state index is -1.63. The summed E-state index contributed by atoms with van der Waals surface area (Å²) in [4.78, 5) is 0. The van der Waals surface area contributed by atoms with Crippen molar-refractivity contribution in [3.8, 4) is 39.1 Å². The fourth-order valence-corrected chi connectivity index (χ4v) is 3.21. The van der Waals surface area contributed by atoms with E-state index in [-0.39, 0.29) is 28.0 Å². The van der Waals surface area contributed by atoms with Crippen LogP contribution in [0.2, 0.25) is 0 Å². The average molecular weight is 412 g/mol. The summed E-state index contributed by atoms with van der Waals surface area (Å²) in [5, 5.41) is 9.36. The highest BCUT2D eigenvalue weighted by Crippen LogP contribution is 2.32. The van der Waals surface area contributed by atoms with Crippen LogP contribution >= 0.6 is 0 Å². The van der Waals surface area contributed by atoms with Crippen LogP contribution < -0.4 is 0 Å². The minimum absolute atomic E-state index is 0.0901. The Bertz CT molecular complexity index is 1230. The molecule has 30 heavy (non-hydrogen) atoms. The van der Waals surface area contributed by atoms with Crippen LogP contribution in [0.25, 0.3) is 33.4 Å². The number of halogens is 5. The third-order valence-corrected chi connectivity index (χ3v) is 4.74. The predicted octanol–water partition coefficient (Wildman–Crippen LogP) is 7.09. The average Bonchev–Trinajstić information content (AvgIpc) is 2.72. The van der Waals surface area contributed by atoms with Crippen LogP contribution in [0.1, 0.15) is 0 Å². The van der Waals surface area contributed by atoms with E-state index in [2.05, 4.69) is 0 Å². The van der Waals surface area contributed by atoms with E-state index in [4.69, 9.17) is 0 Å². The summed E-state index contributed by atoms with van der Waals surface area (Å²) in [6.07, 6.45) is 0. The smallest absolute Gasteiger partial charge is 0.194 e. The zero-order valence-electron chi connectivity index (χ0n) is 15.3. The van der Waals surface area contributed by atoms with Crippen molar-refractivity contribution >= 4 is 0 Å². The lowest BCUT2D eigenvalue weighted by atomic mass is 9.97. The van der Waals surface area contributed by atoms with Crippen LogP contribution in [0.15, 0.2) is 72.8 Å². The maximum atomic E-state index is 14.7. The Morgan fingerprint density at radius 3 is 1.43 bits per heavy atom. The maximum Gasteiger partial charge on any atom is 0.194 e. The van der Waals surface area contributed by atoms with Crippen LogP contribution in [-0.2, 0) is 0 Å². The summed E-state index contributed by atoms with van der Waals surface area (Å²) >= 11 is 0. The van der Waals surface area contributed by atoms with Gasteiger partial charge in [-0.1, -0.05) is 36.4 Å². The van der Waals surface area contributed by atoms with Crippen molar-refractivity contribution < 1.29 is 27.1 Å². The first kappa shape index (κ1) is 19.6. The summed E-state index contributed by atoms with van der Waals surface area (Å²) in [5.41, 5.74) is 1.33. The Morgan fingerprint density at radius 1 is 0.433 bits per heavy atom. The minimum Gasteiger partial charge on any atom is -0.508 e. The summed E-state index contributed by atoms with van der Waals surface area (Å²) in [6.45, 7) is 0. The molecule has 1 N–H and O–H groups in total. The summed E-state index contributed by atoms with van der Waals surface area (Å²) in [6, 6.07) is 15.8. The number of hydrogen-bond acceptors (Lipinski definition) is 1. The van der Waals surface area contributed by atoms with Gasteiger partial charge in [-0.25, -0.2) is 22.0 Å². The second-order valence-electron chi connectivity index (χ2n) is 6.69. The third kappa shape index (κ3) is 3.64. The summed E-state index contributed by atoms with van der Waals surface area (Å²) < 4.78 is 69.3. The zero-order chi connectivity index (χ0) is 21.4. The molecule has 0 fully saturated rings. The zero-order valence-corrected chi connectivity index (χ0v) is 15.3. The first-order valence-corrected chi connectivity index (χ1v) is 8.87. The lowest BCUT2D eigenvalue weighted by Crippen LogP contribution is -1.94. The second kappa shape index (κ2) is 7.63. The van der Waals surface area contributed by atoms with Gasteiger partial charge in [0.05, 0.1) is 0 Å². The molecule has 0 atom stereocenters. The van der Waals surface area contributed by atoms with Gasteiger partial charge in [-0.2, -0.15) is 0 Å². The van der Waals surface area contributed by atoms with E-state index in [9.17, 15) is 27.1 Å². The molecule has 0 aromatic heterocycles. The number of phenols is 1. The van der Waals surface area contributed by atoms with E-state index in [0.717, 1.165) is 6.07 Å². The molecule has 6 heteroatoms. The summed E-state index contributed by atoms with van der Waals surface area (Å²) in [5.74, 6) is -5.82. The van der Waals surface area contributed by atoms with Gasteiger partial charge in [0.15, 0.2) is 17.5 Å². The van der Waals surface area contributed by atoms with Crippen molar-refractivity contribution in [1.82, 2.24) is 0 Å². The molecule has 0 heterocycles. The Kier molecular flexibility index (Phi) is 4.99. The van der Waals surface area contributed by atoms with Crippen LogP contribution in [-0.4, -0.2) is 5.11 Å². The SMILES string of the molecule is Oc1ccc(-c2ccc(-c3ccc(-c4cc(F)c(F)c(F)c4)c(F)c3)c(F)c2)cc1. The van der Waals surface area contributed by atoms with Crippen molar-refractivity contribution in [2.75, 3.05) is 0 Å². The molecular weight excluding hydrogens is 399 g/mol. The largest absolute Gasteiger partial charge is 0.508 e. The highest BCUT2D eigenvalue weighted by molar-refractivity contribution is 5.74. The lowest BCUT2D eigenvalue weighted by molar-refractivity contribution is 0.447. The van der Waals surface area contributed by atoms with Gasteiger partial charge in [-0.05, 0) is 58.7 Å². The van der Waals surface area contributed by atoms with Gasteiger partial charge in [-0.15, -0.1) is 0 Å². The van der Waals surface area contributed by atoms with Gasteiger partial charge < -0.3 is 5.11 Å². The van der Waals surface area contributed by atoms with Gasteiger partial charge in [-0.3, -0.25) is 0 Å². The van der Waals surface area contributed by atoms with Gasteiger partial charge in [0, 0.05) is 11.1 Å². The van der Waals surface area contributed by atoms with Gasteiger partial charge in [0.1, 0.15) is 17.4 Å². The molecule has 0 saturated carbocycles. The molecule has 1 nitrogen and oxygen atoms in total. The Balaban J connectivity index is 1.70. The Morgan fingerprint density at radius 2 is 0.867 bits per heavy atom. The van der Waals surface area contributed by atoms with Crippen molar-refractivity contribution in [2.45, 2.75) is 0 Å². The van der Waals surface area contributed by atoms with Gasteiger partial charge >= 0.3 is 0 Å². The third-order valence-electron chi connectivity index (χ3n) is 4.74. The summed E-state index contributed by atoms with van der Waals surface area (Å²) in [7, 11) is 0. The highest BCUT2D eigenvalue weighted by atomic mass is 19.2. The number of rotatable bonds is 3. The highest BCUT2D eigenvalue weighted by Gasteiger charge is 2.15. The second-order valence-corrected chi connectivity index (χ2v) is 6.69. The molecule has 0 aliphatic heterocycles. The molecule has 0 amide bonds. The van der Waals surface area contributed by atoms with E-state index in [1.165, 1.54) is 36.4 Å². The fourth-order valence-electron chi connectivity index (χ4n) is 3.21. The molecule has 4 aromatic rings. The maximum absolute atomic E-state index is 14.7. The Hall–Kier alpha value is -3.67. The molecule has 0 spiro atoms. The van der Waals surface area contributed by atoms with Crippen LogP contribution in [0.4, 0.5) is 22.0 Å². The molecule has 0 aliphatic rings.